The van der Waals surface area contributed by atoms with E-state index in [1.807, 2.05) is 66.7 Å². The van der Waals surface area contributed by atoms with Crippen molar-refractivity contribution in [2.45, 2.75) is 30.7 Å². The number of hydrogen-bond acceptors (Lipinski definition) is 4. The number of hydrogen-bond donors (Lipinski definition) is 2. The number of nitrogens with one attached hydrogen (secondary N) is 1. The number of para-hydroxylation sites is 1. The van der Waals surface area contributed by atoms with Gasteiger partial charge in [-0.2, -0.15) is 4.72 Å². The number of aliphatic carboxylic acids is 1. The van der Waals surface area contributed by atoms with Gasteiger partial charge in [-0.05, 0) is 60.4 Å². The summed E-state index contributed by atoms with van der Waals surface area (Å²) in [5.41, 5.74) is 2.06. The van der Waals surface area contributed by atoms with Gasteiger partial charge in [0.2, 0.25) is 10.0 Å². The van der Waals surface area contributed by atoms with E-state index in [0.717, 1.165) is 33.4 Å². The third kappa shape index (κ3) is 4.95. The molecule has 0 radical (unpaired) electrons. The predicted molar refractivity (Wildman–Crippen MR) is 134 cm³/mol. The highest BCUT2D eigenvalue weighted by molar-refractivity contribution is 7.89. The van der Waals surface area contributed by atoms with Gasteiger partial charge in [0.05, 0.1) is 4.90 Å². The van der Waals surface area contributed by atoms with Crippen LogP contribution in [0.4, 0.5) is 0 Å². The Bertz CT molecular complexity index is 1420. The van der Waals surface area contributed by atoms with Crippen LogP contribution in [0.2, 0.25) is 0 Å². The van der Waals surface area contributed by atoms with Crippen molar-refractivity contribution in [2.75, 3.05) is 0 Å². The highest BCUT2D eigenvalue weighted by Gasteiger charge is 2.36. The number of carboxylic acid groups (broad SMARTS) is 1. The van der Waals surface area contributed by atoms with Crippen molar-refractivity contribution >= 4 is 39.1 Å². The molecule has 34 heavy (non-hydrogen) atoms. The number of carboxylic acids is 1. The first-order valence-electron chi connectivity index (χ1n) is 10.8. The highest BCUT2D eigenvalue weighted by Crippen LogP contribution is 2.24. The zero-order valence-electron chi connectivity index (χ0n) is 18.9. The molecule has 0 amide bonds. The molecular formula is C27H25NO5S. The molecule has 0 saturated carbocycles. The van der Waals surface area contributed by atoms with Gasteiger partial charge in [0.25, 0.3) is 0 Å². The number of benzene rings is 3. The average Bonchev–Trinajstić information content (AvgIpc) is 3.26. The molecule has 0 aliphatic heterocycles. The summed E-state index contributed by atoms with van der Waals surface area (Å²) in [6, 6.07) is 24.1. The Balaban J connectivity index is 1.48. The number of carbonyl (C=O) groups is 1. The average molecular weight is 476 g/mol. The second-order valence-electron chi connectivity index (χ2n) is 8.26. The van der Waals surface area contributed by atoms with Crippen LogP contribution in [-0.4, -0.2) is 25.0 Å². The molecule has 0 fully saturated rings. The maximum atomic E-state index is 12.7. The summed E-state index contributed by atoms with van der Waals surface area (Å²) in [4.78, 5) is 11.5. The van der Waals surface area contributed by atoms with E-state index in [9.17, 15) is 18.3 Å². The van der Waals surface area contributed by atoms with Crippen LogP contribution in [0.15, 0.2) is 88.2 Å². The third-order valence-corrected chi connectivity index (χ3v) is 7.44. The summed E-state index contributed by atoms with van der Waals surface area (Å²) in [6.07, 6.45) is 4.01. The van der Waals surface area contributed by atoms with Crippen LogP contribution in [0.1, 0.15) is 31.6 Å². The summed E-state index contributed by atoms with van der Waals surface area (Å²) >= 11 is 0. The van der Waals surface area contributed by atoms with E-state index in [0.29, 0.717) is 0 Å². The van der Waals surface area contributed by atoms with Crippen molar-refractivity contribution in [3.05, 3.63) is 90.2 Å². The third-order valence-electron chi connectivity index (χ3n) is 5.83. The Morgan fingerprint density at radius 2 is 1.59 bits per heavy atom. The van der Waals surface area contributed by atoms with Gasteiger partial charge in [0.1, 0.15) is 16.9 Å². The summed E-state index contributed by atoms with van der Waals surface area (Å²) in [7, 11) is -3.97. The van der Waals surface area contributed by atoms with Crippen molar-refractivity contribution in [3.63, 3.8) is 0 Å². The SMILES string of the molecule is CCC(C)(NS(=O)(=O)c1ccc(-c2ccc(C=Cc3cc4ccccc4o3)cc2)cc1)C(=O)O. The zero-order valence-corrected chi connectivity index (χ0v) is 19.7. The lowest BCUT2D eigenvalue weighted by molar-refractivity contribution is -0.143. The quantitative estimate of drug-likeness (QED) is 0.336. The lowest BCUT2D eigenvalue weighted by atomic mass is 10.0. The van der Waals surface area contributed by atoms with Gasteiger partial charge in [0.15, 0.2) is 0 Å². The Morgan fingerprint density at radius 1 is 0.971 bits per heavy atom. The van der Waals surface area contributed by atoms with Crippen LogP contribution in [0, 0.1) is 0 Å². The Morgan fingerprint density at radius 3 is 2.18 bits per heavy atom. The van der Waals surface area contributed by atoms with E-state index in [2.05, 4.69) is 4.72 Å². The standard InChI is InChI=1S/C27H25NO5S/c1-3-27(2,26(29)30)28-34(31,32)24-16-13-21(14-17-24)20-11-8-19(9-12-20)10-15-23-18-22-6-4-5-7-25(22)33-23/h4-18,28H,3H2,1-2H3,(H,29,30). The van der Waals surface area contributed by atoms with Crippen LogP contribution in [0.3, 0.4) is 0 Å². The first-order chi connectivity index (χ1) is 16.2. The van der Waals surface area contributed by atoms with Crippen molar-refractivity contribution in [1.29, 1.82) is 0 Å². The highest BCUT2D eigenvalue weighted by atomic mass is 32.2. The van der Waals surface area contributed by atoms with Crippen LogP contribution in [-0.2, 0) is 14.8 Å². The minimum Gasteiger partial charge on any atom is -0.480 e. The first kappa shape index (κ1) is 23.5. The Hall–Kier alpha value is -3.68. The van der Waals surface area contributed by atoms with Crippen molar-refractivity contribution in [3.8, 4) is 11.1 Å². The molecule has 174 valence electrons. The number of sulfonamides is 1. The van der Waals surface area contributed by atoms with Gasteiger partial charge in [-0.3, -0.25) is 4.79 Å². The second kappa shape index (κ2) is 9.29. The van der Waals surface area contributed by atoms with Crippen LogP contribution < -0.4 is 4.72 Å². The molecule has 7 heteroatoms. The fourth-order valence-corrected chi connectivity index (χ4v) is 4.94. The Kier molecular flexibility index (Phi) is 6.41. The molecule has 4 aromatic rings. The molecule has 0 saturated heterocycles. The monoisotopic (exact) mass is 475 g/mol. The summed E-state index contributed by atoms with van der Waals surface area (Å²) in [6.45, 7) is 2.97. The van der Waals surface area contributed by atoms with Crippen molar-refractivity contribution in [2.24, 2.45) is 0 Å². The van der Waals surface area contributed by atoms with Gasteiger partial charge in [-0.25, -0.2) is 8.42 Å². The molecule has 0 aliphatic rings. The van der Waals surface area contributed by atoms with Gasteiger partial charge in [-0.1, -0.05) is 67.6 Å². The van der Waals surface area contributed by atoms with E-state index in [4.69, 9.17) is 4.42 Å². The number of rotatable bonds is 8. The normalized spacial score (nSPS) is 13.8. The van der Waals surface area contributed by atoms with Crippen LogP contribution >= 0.6 is 0 Å². The maximum absolute atomic E-state index is 12.7. The smallest absolute Gasteiger partial charge is 0.324 e. The van der Waals surface area contributed by atoms with E-state index >= 15 is 0 Å². The second-order valence-corrected chi connectivity index (χ2v) is 9.95. The lowest BCUT2D eigenvalue weighted by Crippen LogP contribution is -2.51. The number of furan rings is 1. The lowest BCUT2D eigenvalue weighted by Gasteiger charge is -2.24. The molecule has 1 aromatic heterocycles. The fourth-order valence-electron chi connectivity index (χ4n) is 3.50. The molecule has 1 unspecified atom stereocenters. The van der Waals surface area contributed by atoms with E-state index in [1.54, 1.807) is 19.1 Å². The minimum atomic E-state index is -3.97. The maximum Gasteiger partial charge on any atom is 0.324 e. The summed E-state index contributed by atoms with van der Waals surface area (Å²) in [5.74, 6) is -0.442. The topological polar surface area (TPSA) is 96.6 Å². The summed E-state index contributed by atoms with van der Waals surface area (Å²) < 4.78 is 33.4. The summed E-state index contributed by atoms with van der Waals surface area (Å²) in [5, 5.41) is 10.4. The molecule has 3 aromatic carbocycles. The minimum absolute atomic E-state index is 0.0163. The molecule has 2 N–H and O–H groups in total. The molecule has 1 heterocycles. The van der Waals surface area contributed by atoms with Crippen molar-refractivity contribution in [1.82, 2.24) is 4.72 Å². The van der Waals surface area contributed by atoms with E-state index < -0.39 is 21.5 Å². The van der Waals surface area contributed by atoms with Gasteiger partial charge in [-0.15, -0.1) is 0 Å². The van der Waals surface area contributed by atoms with Gasteiger partial charge in [0, 0.05) is 5.39 Å². The van der Waals surface area contributed by atoms with E-state index in [-0.39, 0.29) is 11.3 Å². The fraction of sp³-hybridized carbons (Fsp3) is 0.148. The van der Waals surface area contributed by atoms with Crippen LogP contribution in [0.5, 0.6) is 0 Å². The molecule has 0 spiro atoms. The first-order valence-corrected chi connectivity index (χ1v) is 12.3. The van der Waals surface area contributed by atoms with Gasteiger partial charge >= 0.3 is 5.97 Å². The zero-order chi connectivity index (χ0) is 24.3. The molecular weight excluding hydrogens is 450 g/mol. The Labute approximate surface area is 198 Å². The molecule has 0 bridgehead atoms. The molecule has 1 atom stereocenters. The molecule has 4 rings (SSSR count). The predicted octanol–water partition coefficient (Wildman–Crippen LogP) is 5.80. The molecule has 6 nitrogen and oxygen atoms in total. The van der Waals surface area contributed by atoms with E-state index in [1.165, 1.54) is 19.1 Å². The van der Waals surface area contributed by atoms with Crippen molar-refractivity contribution < 1.29 is 22.7 Å². The number of fused-ring (bicyclic) bond motifs is 1. The molecule has 0 aliphatic carbocycles. The largest absolute Gasteiger partial charge is 0.480 e. The van der Waals surface area contributed by atoms with Gasteiger partial charge < -0.3 is 9.52 Å². The van der Waals surface area contributed by atoms with Crippen LogP contribution in [0.25, 0.3) is 34.2 Å².